The maximum Gasteiger partial charge on any atom is 0.416 e. The van der Waals surface area contributed by atoms with E-state index in [1.807, 2.05) is 4.90 Å². The molecular weight excluding hydrogens is 395 g/mol. The van der Waals surface area contributed by atoms with E-state index < -0.39 is 18.7 Å². The largest absolute Gasteiger partial charge is 0.416 e. The fraction of sp³-hybridized carbons (Fsp3) is 0.300. The van der Waals surface area contributed by atoms with Gasteiger partial charge in [-0.05, 0) is 18.6 Å². The van der Waals surface area contributed by atoms with Crippen LogP contribution in [0.4, 0.5) is 19.0 Å². The molecule has 10 heteroatoms. The minimum atomic E-state index is -4.45. The van der Waals surface area contributed by atoms with E-state index in [2.05, 4.69) is 20.2 Å². The van der Waals surface area contributed by atoms with Gasteiger partial charge in [-0.1, -0.05) is 12.1 Å². The van der Waals surface area contributed by atoms with E-state index in [0.717, 1.165) is 36.3 Å². The number of rotatable bonds is 3. The quantitative estimate of drug-likeness (QED) is 0.507. The Morgan fingerprint density at radius 3 is 2.47 bits per heavy atom. The van der Waals surface area contributed by atoms with Gasteiger partial charge < -0.3 is 4.90 Å². The van der Waals surface area contributed by atoms with E-state index in [9.17, 15) is 13.2 Å². The minimum absolute atomic E-state index is 0.157. The van der Waals surface area contributed by atoms with Crippen LogP contribution in [0.25, 0.3) is 33.5 Å². The predicted molar refractivity (Wildman–Crippen MR) is 106 cm³/mol. The first-order valence-electron chi connectivity index (χ1n) is 10.7. The van der Waals surface area contributed by atoms with Crippen molar-refractivity contribution in [1.82, 2.24) is 29.5 Å². The third-order valence-electron chi connectivity index (χ3n) is 5.28. The molecule has 5 rings (SSSR count). The molecule has 1 aromatic carbocycles. The molecule has 0 atom stereocenters. The summed E-state index contributed by atoms with van der Waals surface area (Å²) in [6.45, 7) is -1.06. The van der Waals surface area contributed by atoms with Crippen LogP contribution in [0.5, 0.6) is 0 Å². The molecular formula is C20H18F3N7. The zero-order chi connectivity index (χ0) is 23.5. The van der Waals surface area contributed by atoms with Crippen LogP contribution in [0, 0.1) is 0 Å². The molecule has 1 aliphatic heterocycles. The van der Waals surface area contributed by atoms with Crippen LogP contribution in [0.15, 0.2) is 36.8 Å². The van der Waals surface area contributed by atoms with Crippen molar-refractivity contribution in [2.45, 2.75) is 12.6 Å². The molecule has 154 valence electrons. The smallest absolute Gasteiger partial charge is 0.356 e. The third kappa shape index (κ3) is 2.82. The summed E-state index contributed by atoms with van der Waals surface area (Å²) in [6.07, 6.45) is -0.640. The lowest BCUT2D eigenvalue weighted by molar-refractivity contribution is -0.137. The maximum absolute atomic E-state index is 13.0. The molecule has 0 unspecified atom stereocenters. The summed E-state index contributed by atoms with van der Waals surface area (Å²) in [5.74, 6) is 0.568. The van der Waals surface area contributed by atoms with Crippen molar-refractivity contribution >= 4 is 16.9 Å². The number of hydrogen-bond donors (Lipinski definition) is 0. The number of aromatic nitrogens is 6. The number of aryl methyl sites for hydroxylation is 2. The number of halogens is 3. The molecule has 0 amide bonds. The van der Waals surface area contributed by atoms with Gasteiger partial charge in [0, 0.05) is 42.4 Å². The van der Waals surface area contributed by atoms with Gasteiger partial charge in [-0.15, -0.1) is 0 Å². The number of hydrogen-bond acceptors (Lipinski definition) is 5. The second-order valence-corrected chi connectivity index (χ2v) is 7.10. The Balaban J connectivity index is 1.74. The first-order valence-corrected chi connectivity index (χ1v) is 9.25. The Labute approximate surface area is 174 Å². The van der Waals surface area contributed by atoms with Gasteiger partial charge in [0.2, 0.25) is 0 Å². The molecule has 30 heavy (non-hydrogen) atoms. The van der Waals surface area contributed by atoms with Crippen LogP contribution in [-0.2, 0) is 20.2 Å². The topological polar surface area (TPSA) is 64.7 Å². The standard InChI is InChI=1S/C20H18F3N7/c1-28-17(12-4-6-13(7-5-12)20(21,22)23)14(10-26-28)16-15-18(29(2)27-16)24-11-25-19(15)30-8-3-9-30/h4-7,10-11H,3,8-9H2,1-2H3/i2T3. The fourth-order valence-corrected chi connectivity index (χ4v) is 3.66. The van der Waals surface area contributed by atoms with Gasteiger partial charge in [0.05, 0.1) is 22.8 Å². The van der Waals surface area contributed by atoms with E-state index in [4.69, 9.17) is 4.11 Å². The van der Waals surface area contributed by atoms with Crippen molar-refractivity contribution in [3.05, 3.63) is 42.4 Å². The molecule has 1 aliphatic rings. The number of anilines is 1. The number of alkyl halides is 3. The summed E-state index contributed by atoms with van der Waals surface area (Å²) < 4.78 is 65.2. The number of fused-ring (bicyclic) bond motifs is 1. The van der Waals surface area contributed by atoms with Crippen molar-refractivity contribution in [3.63, 3.8) is 0 Å². The van der Waals surface area contributed by atoms with Crippen LogP contribution in [0.2, 0.25) is 0 Å². The van der Waals surface area contributed by atoms with E-state index in [0.29, 0.717) is 33.7 Å². The molecule has 4 heterocycles. The zero-order valence-electron chi connectivity index (χ0n) is 18.8. The summed E-state index contributed by atoms with van der Waals surface area (Å²) >= 11 is 0. The minimum Gasteiger partial charge on any atom is -0.356 e. The highest BCUT2D eigenvalue weighted by atomic mass is 19.4. The van der Waals surface area contributed by atoms with E-state index >= 15 is 0 Å². The van der Waals surface area contributed by atoms with Gasteiger partial charge in [-0.25, -0.2) is 14.6 Å². The summed E-state index contributed by atoms with van der Waals surface area (Å²) in [4.78, 5) is 10.6. The number of nitrogens with zero attached hydrogens (tertiary/aromatic N) is 7. The van der Waals surface area contributed by atoms with Crippen LogP contribution in [-0.4, -0.2) is 42.6 Å². The van der Waals surface area contributed by atoms with Crippen molar-refractivity contribution in [2.24, 2.45) is 14.0 Å². The Hall–Kier alpha value is -3.43. The Morgan fingerprint density at radius 2 is 1.83 bits per heavy atom. The first kappa shape index (κ1) is 15.4. The van der Waals surface area contributed by atoms with Gasteiger partial charge in [0.25, 0.3) is 0 Å². The van der Waals surface area contributed by atoms with Crippen LogP contribution in [0.1, 0.15) is 16.1 Å². The Bertz CT molecular complexity index is 1340. The van der Waals surface area contributed by atoms with E-state index in [-0.39, 0.29) is 5.65 Å². The van der Waals surface area contributed by atoms with Crippen molar-refractivity contribution in [1.29, 1.82) is 0 Å². The molecule has 0 saturated carbocycles. The average molecular weight is 419 g/mol. The zero-order valence-corrected chi connectivity index (χ0v) is 15.8. The lowest BCUT2D eigenvalue weighted by atomic mass is 10.0. The molecule has 0 radical (unpaired) electrons. The monoisotopic (exact) mass is 419 g/mol. The second-order valence-electron chi connectivity index (χ2n) is 7.10. The average Bonchev–Trinajstić information content (AvgIpc) is 3.27. The molecule has 0 bridgehead atoms. The summed E-state index contributed by atoms with van der Waals surface area (Å²) in [6, 6.07) is 4.72. The highest BCUT2D eigenvalue weighted by Crippen LogP contribution is 2.39. The maximum atomic E-state index is 13.0. The SMILES string of the molecule is [3H]C([3H])([3H])n1nc(-c2cnn(C)c2-c2ccc(C(F)(F)F)cc2)c2c(N3CCC3)ncnc21. The first-order chi connectivity index (χ1) is 15.6. The van der Waals surface area contributed by atoms with Crippen molar-refractivity contribution in [2.75, 3.05) is 18.0 Å². The van der Waals surface area contributed by atoms with Crippen LogP contribution in [0.3, 0.4) is 0 Å². The van der Waals surface area contributed by atoms with Crippen molar-refractivity contribution < 1.29 is 17.3 Å². The molecule has 0 aliphatic carbocycles. The second kappa shape index (κ2) is 6.54. The van der Waals surface area contributed by atoms with E-state index in [1.54, 1.807) is 7.05 Å². The third-order valence-corrected chi connectivity index (χ3v) is 5.28. The van der Waals surface area contributed by atoms with Crippen molar-refractivity contribution in [3.8, 4) is 22.5 Å². The van der Waals surface area contributed by atoms with Crippen LogP contribution < -0.4 is 4.90 Å². The van der Waals surface area contributed by atoms with Gasteiger partial charge in [0.1, 0.15) is 17.8 Å². The van der Waals surface area contributed by atoms with Crippen LogP contribution >= 0.6 is 0 Å². The van der Waals surface area contributed by atoms with Gasteiger partial charge >= 0.3 is 6.18 Å². The normalized spacial score (nSPS) is 16.3. The number of benzene rings is 1. The Kier molecular flexibility index (Phi) is 3.36. The molecule has 7 nitrogen and oxygen atoms in total. The molecule has 0 spiro atoms. The predicted octanol–water partition coefficient (Wildman–Crippen LogP) is 3.66. The molecule has 1 saturated heterocycles. The Morgan fingerprint density at radius 1 is 1.07 bits per heavy atom. The fourth-order valence-electron chi connectivity index (χ4n) is 3.66. The molecule has 1 fully saturated rings. The highest BCUT2D eigenvalue weighted by molar-refractivity contribution is 6.02. The van der Waals surface area contributed by atoms with Gasteiger partial charge in [-0.2, -0.15) is 23.4 Å². The molecule has 4 aromatic rings. The van der Waals surface area contributed by atoms with Gasteiger partial charge in [0.15, 0.2) is 5.65 Å². The highest BCUT2D eigenvalue weighted by Gasteiger charge is 2.31. The van der Waals surface area contributed by atoms with E-state index in [1.165, 1.54) is 29.3 Å². The molecule has 0 N–H and O–H groups in total. The lowest BCUT2D eigenvalue weighted by Crippen LogP contribution is -2.37. The summed E-state index contributed by atoms with van der Waals surface area (Å²) in [5.41, 5.74) is 1.16. The van der Waals surface area contributed by atoms with Gasteiger partial charge in [-0.3, -0.25) is 4.68 Å². The summed E-state index contributed by atoms with van der Waals surface area (Å²) in [7, 11) is 1.66. The summed E-state index contributed by atoms with van der Waals surface area (Å²) in [5, 5.41) is 9.12. The molecule has 3 aromatic heterocycles. The lowest BCUT2D eigenvalue weighted by Gasteiger charge is -2.32.